The number of benzene rings is 1. The quantitative estimate of drug-likeness (QED) is 0.870. The number of hydrogen-bond donors (Lipinski definition) is 2. The Balaban J connectivity index is 2.60. The van der Waals surface area contributed by atoms with Crippen LogP contribution in [0.5, 0.6) is 0 Å². The molecule has 0 bridgehead atoms. The largest absolute Gasteiger partial charge is 0.480 e. The van der Waals surface area contributed by atoms with Crippen molar-refractivity contribution in [3.8, 4) is 0 Å². The summed E-state index contributed by atoms with van der Waals surface area (Å²) in [6, 6.07) is 7.85. The number of rotatable bonds is 4. The fraction of sp³-hybridized carbons (Fsp3) is 0.300. The van der Waals surface area contributed by atoms with Crippen LogP contribution in [0.2, 0.25) is 0 Å². The lowest BCUT2D eigenvalue weighted by molar-refractivity contribution is -0.136. The van der Waals surface area contributed by atoms with Gasteiger partial charge in [0.15, 0.2) is 0 Å². The molecular weight excluding hydrogens is 246 g/mol. The molecule has 0 aromatic heterocycles. The van der Waals surface area contributed by atoms with Gasteiger partial charge in [-0.3, -0.25) is 4.79 Å². The molecule has 0 heterocycles. The van der Waals surface area contributed by atoms with Crippen LogP contribution in [-0.4, -0.2) is 17.6 Å². The van der Waals surface area contributed by atoms with E-state index in [-0.39, 0.29) is 12.6 Å². The summed E-state index contributed by atoms with van der Waals surface area (Å²) in [5, 5.41) is 11.4. The van der Waals surface area contributed by atoms with Crippen LogP contribution in [0.4, 0.5) is 0 Å². The van der Waals surface area contributed by atoms with Crippen molar-refractivity contribution >= 4 is 21.9 Å². The van der Waals surface area contributed by atoms with E-state index in [0.717, 1.165) is 10.0 Å². The summed E-state index contributed by atoms with van der Waals surface area (Å²) in [6.45, 7) is 1.92. The third-order valence-electron chi connectivity index (χ3n) is 1.91. The normalized spacial score (nSPS) is 12.4. The summed E-state index contributed by atoms with van der Waals surface area (Å²) in [6.07, 6.45) is 0. The summed E-state index contributed by atoms with van der Waals surface area (Å²) >= 11 is 3.37. The molecule has 0 amide bonds. The Bertz CT molecular complexity index is 328. The second kappa shape index (κ2) is 5.12. The van der Waals surface area contributed by atoms with E-state index in [4.69, 9.17) is 5.11 Å². The lowest BCUT2D eigenvalue weighted by Gasteiger charge is -2.12. The van der Waals surface area contributed by atoms with E-state index in [1.54, 1.807) is 0 Å². The topological polar surface area (TPSA) is 49.3 Å². The van der Waals surface area contributed by atoms with Gasteiger partial charge in [-0.15, -0.1) is 0 Å². The van der Waals surface area contributed by atoms with Crippen LogP contribution in [0.15, 0.2) is 28.7 Å². The molecule has 0 radical (unpaired) electrons. The van der Waals surface area contributed by atoms with Gasteiger partial charge < -0.3 is 10.4 Å². The lowest BCUT2D eigenvalue weighted by Crippen LogP contribution is -2.25. The van der Waals surface area contributed by atoms with E-state index in [9.17, 15) is 4.79 Å². The zero-order chi connectivity index (χ0) is 10.6. The van der Waals surface area contributed by atoms with E-state index < -0.39 is 5.97 Å². The highest BCUT2D eigenvalue weighted by molar-refractivity contribution is 9.10. The first-order chi connectivity index (χ1) is 6.59. The minimum atomic E-state index is -0.841. The molecule has 1 atom stereocenters. The molecule has 0 saturated heterocycles. The first kappa shape index (κ1) is 11.2. The number of carboxylic acids is 1. The number of nitrogens with one attached hydrogen (secondary N) is 1. The molecule has 1 aromatic carbocycles. The Hall–Kier alpha value is -0.870. The number of carbonyl (C=O) groups is 1. The molecule has 0 saturated carbocycles. The van der Waals surface area contributed by atoms with Gasteiger partial charge in [-0.2, -0.15) is 0 Å². The molecule has 0 fully saturated rings. The summed E-state index contributed by atoms with van der Waals surface area (Å²) in [4.78, 5) is 10.3. The van der Waals surface area contributed by atoms with Crippen LogP contribution in [0.1, 0.15) is 18.5 Å². The molecule has 2 N–H and O–H groups in total. The Kier molecular flexibility index (Phi) is 4.10. The van der Waals surface area contributed by atoms with Gasteiger partial charge in [0.25, 0.3) is 0 Å². The van der Waals surface area contributed by atoms with Crippen molar-refractivity contribution in [3.63, 3.8) is 0 Å². The Morgan fingerprint density at radius 1 is 1.64 bits per heavy atom. The molecule has 0 aliphatic heterocycles. The zero-order valence-corrected chi connectivity index (χ0v) is 9.41. The first-order valence-electron chi connectivity index (χ1n) is 4.30. The molecule has 4 heteroatoms. The minimum Gasteiger partial charge on any atom is -0.480 e. The van der Waals surface area contributed by atoms with E-state index in [1.807, 2.05) is 31.2 Å². The van der Waals surface area contributed by atoms with Crippen molar-refractivity contribution in [1.82, 2.24) is 5.32 Å². The van der Waals surface area contributed by atoms with Crippen molar-refractivity contribution in [3.05, 3.63) is 34.3 Å². The Morgan fingerprint density at radius 2 is 2.36 bits per heavy atom. The van der Waals surface area contributed by atoms with Gasteiger partial charge in [0.2, 0.25) is 0 Å². The maximum absolute atomic E-state index is 10.3. The van der Waals surface area contributed by atoms with Gasteiger partial charge >= 0.3 is 5.97 Å². The van der Waals surface area contributed by atoms with Gasteiger partial charge in [0.1, 0.15) is 0 Å². The molecule has 1 aromatic rings. The maximum Gasteiger partial charge on any atom is 0.317 e. The molecule has 14 heavy (non-hydrogen) atoms. The zero-order valence-electron chi connectivity index (χ0n) is 7.83. The highest BCUT2D eigenvalue weighted by atomic mass is 79.9. The number of halogens is 1. The summed E-state index contributed by atoms with van der Waals surface area (Å²) in [5.41, 5.74) is 1.07. The van der Waals surface area contributed by atoms with E-state index >= 15 is 0 Å². The Morgan fingerprint density at radius 3 is 2.93 bits per heavy atom. The molecule has 1 rings (SSSR count). The van der Waals surface area contributed by atoms with Crippen LogP contribution in [0, 0.1) is 0 Å². The predicted octanol–water partition coefficient (Wildman–Crippen LogP) is 2.18. The standard InChI is InChI=1S/C10H12BrNO2/c1-7(12-6-10(13)14)8-3-2-4-9(11)5-8/h2-5,7,12H,6H2,1H3,(H,13,14)/t7-/m0/s1. The molecule has 3 nitrogen and oxygen atoms in total. The van der Waals surface area contributed by atoms with Gasteiger partial charge in [0.05, 0.1) is 6.54 Å². The smallest absolute Gasteiger partial charge is 0.317 e. The second-order valence-electron chi connectivity index (χ2n) is 3.05. The second-order valence-corrected chi connectivity index (χ2v) is 3.97. The van der Waals surface area contributed by atoms with Crippen molar-refractivity contribution in [1.29, 1.82) is 0 Å². The third-order valence-corrected chi connectivity index (χ3v) is 2.40. The van der Waals surface area contributed by atoms with Crippen molar-refractivity contribution < 1.29 is 9.90 Å². The first-order valence-corrected chi connectivity index (χ1v) is 5.09. The van der Waals surface area contributed by atoms with Crippen molar-refractivity contribution in [2.24, 2.45) is 0 Å². The van der Waals surface area contributed by atoms with E-state index in [1.165, 1.54) is 0 Å². The highest BCUT2D eigenvalue weighted by Crippen LogP contribution is 2.17. The number of aliphatic carboxylic acids is 1. The van der Waals surface area contributed by atoms with E-state index in [0.29, 0.717) is 0 Å². The fourth-order valence-electron chi connectivity index (χ4n) is 1.13. The van der Waals surface area contributed by atoms with Crippen LogP contribution < -0.4 is 5.32 Å². The molecule has 76 valence electrons. The van der Waals surface area contributed by atoms with Crippen molar-refractivity contribution in [2.45, 2.75) is 13.0 Å². The van der Waals surface area contributed by atoms with E-state index in [2.05, 4.69) is 21.2 Å². The molecule has 0 aliphatic rings. The van der Waals surface area contributed by atoms with Gasteiger partial charge in [-0.1, -0.05) is 28.1 Å². The molecule has 0 spiro atoms. The average molecular weight is 258 g/mol. The maximum atomic E-state index is 10.3. The number of hydrogen-bond acceptors (Lipinski definition) is 2. The summed E-state index contributed by atoms with van der Waals surface area (Å²) < 4.78 is 0.999. The van der Waals surface area contributed by atoms with Crippen LogP contribution in [0.25, 0.3) is 0 Å². The third kappa shape index (κ3) is 3.47. The SMILES string of the molecule is C[C@H](NCC(=O)O)c1cccc(Br)c1. The monoisotopic (exact) mass is 257 g/mol. The predicted molar refractivity (Wildman–Crippen MR) is 58.2 cm³/mol. The highest BCUT2D eigenvalue weighted by Gasteiger charge is 2.06. The summed E-state index contributed by atoms with van der Waals surface area (Å²) in [5.74, 6) is -0.841. The summed E-state index contributed by atoms with van der Waals surface area (Å²) in [7, 11) is 0. The molecular formula is C10H12BrNO2. The lowest BCUT2D eigenvalue weighted by atomic mass is 10.1. The van der Waals surface area contributed by atoms with Crippen LogP contribution >= 0.6 is 15.9 Å². The van der Waals surface area contributed by atoms with Gasteiger partial charge in [-0.05, 0) is 24.6 Å². The number of carboxylic acid groups (broad SMARTS) is 1. The van der Waals surface area contributed by atoms with Crippen LogP contribution in [0.3, 0.4) is 0 Å². The van der Waals surface area contributed by atoms with Crippen molar-refractivity contribution in [2.75, 3.05) is 6.54 Å². The Labute approximate surface area is 91.3 Å². The average Bonchev–Trinajstić information content (AvgIpc) is 2.14. The van der Waals surface area contributed by atoms with Crippen LogP contribution in [-0.2, 0) is 4.79 Å². The molecule has 0 unspecified atom stereocenters. The van der Waals surface area contributed by atoms with Gasteiger partial charge in [0, 0.05) is 10.5 Å². The van der Waals surface area contributed by atoms with Gasteiger partial charge in [-0.25, -0.2) is 0 Å². The molecule has 0 aliphatic carbocycles. The fourth-order valence-corrected chi connectivity index (χ4v) is 1.55. The minimum absolute atomic E-state index is 0.0202.